The number of benzene rings is 7. The van der Waals surface area contributed by atoms with Gasteiger partial charge < -0.3 is 4.57 Å². The Bertz CT molecular complexity index is 4260. The van der Waals surface area contributed by atoms with E-state index in [2.05, 4.69) is 4.98 Å². The van der Waals surface area contributed by atoms with E-state index in [1.54, 1.807) is 12.1 Å². The highest BCUT2D eigenvalue weighted by Gasteiger charge is 2.23. The molecule has 11 aromatic rings. The minimum Gasteiger partial charge on any atom is -0.309 e. The summed E-state index contributed by atoms with van der Waals surface area (Å²) >= 11 is 1.38. The summed E-state index contributed by atoms with van der Waals surface area (Å²) < 4.78 is 183. The number of nitrogens with zero attached hydrogens (tertiary/aromatic N) is 5. The molecule has 238 valence electrons. The summed E-state index contributed by atoms with van der Waals surface area (Å²) in [5, 5.41) is 0.132. The lowest BCUT2D eigenvalue weighted by Gasteiger charge is -2.12. The lowest BCUT2D eigenvalue weighted by atomic mass is 10.1. The summed E-state index contributed by atoms with van der Waals surface area (Å²) in [4.78, 5) is 14.3. The maximum Gasteiger partial charge on any atom is 0.238 e. The van der Waals surface area contributed by atoms with Gasteiger partial charge in [-0.1, -0.05) is 121 Å². The number of fused-ring (bicyclic) bond motifs is 10. The first-order valence-electron chi connectivity index (χ1n) is 25.4. The Balaban J connectivity index is 1.43. The van der Waals surface area contributed by atoms with E-state index in [1.807, 2.05) is 30.3 Å². The lowest BCUT2D eigenvalue weighted by Crippen LogP contribution is -2.06. The van der Waals surface area contributed by atoms with Gasteiger partial charge in [-0.15, -0.1) is 11.3 Å². The zero-order valence-electron chi connectivity index (χ0n) is 45.7. The fourth-order valence-electron chi connectivity index (χ4n) is 6.58. The van der Waals surface area contributed by atoms with Gasteiger partial charge in [-0.05, 0) is 42.3 Å². The number of aromatic nitrogens is 5. The molecular formula is C45H27N5S. The van der Waals surface area contributed by atoms with Crippen LogP contribution in [-0.2, 0) is 0 Å². The zero-order valence-corrected chi connectivity index (χ0v) is 26.5. The molecular weight excluding hydrogens is 643 g/mol. The molecule has 0 saturated carbocycles. The van der Waals surface area contributed by atoms with Crippen LogP contribution in [0, 0.1) is 0 Å². The molecule has 0 bridgehead atoms. The molecule has 0 saturated heterocycles. The molecule has 4 heterocycles. The van der Waals surface area contributed by atoms with Crippen molar-refractivity contribution in [2.45, 2.75) is 0 Å². The van der Waals surface area contributed by atoms with Gasteiger partial charge in [0, 0.05) is 58.5 Å². The van der Waals surface area contributed by atoms with Crippen LogP contribution in [0.25, 0.3) is 98.2 Å². The summed E-state index contributed by atoms with van der Waals surface area (Å²) in [6.07, 6.45) is 0. The lowest BCUT2D eigenvalue weighted by molar-refractivity contribution is 0.954. The average Bonchev–Trinajstić information content (AvgIpc) is 4.04. The molecule has 0 spiro atoms. The van der Waals surface area contributed by atoms with E-state index in [0.717, 1.165) is 24.6 Å². The van der Waals surface area contributed by atoms with E-state index in [-0.39, 0.29) is 11.2 Å². The largest absolute Gasteiger partial charge is 0.309 e. The molecule has 51 heavy (non-hydrogen) atoms. The second kappa shape index (κ2) is 10.9. The van der Waals surface area contributed by atoms with Crippen LogP contribution in [0.5, 0.6) is 0 Å². The number of para-hydroxylation sites is 3. The smallest absolute Gasteiger partial charge is 0.238 e. The Kier molecular flexibility index (Phi) is 3.24. The summed E-state index contributed by atoms with van der Waals surface area (Å²) in [7, 11) is 0. The van der Waals surface area contributed by atoms with Crippen molar-refractivity contribution >= 4 is 75.1 Å². The Labute approximate surface area is 324 Å². The monoisotopic (exact) mass is 689 g/mol. The average molecular weight is 690 g/mol. The predicted molar refractivity (Wildman–Crippen MR) is 212 cm³/mol. The molecule has 4 aromatic heterocycles. The topological polar surface area (TPSA) is 48.5 Å². The summed E-state index contributed by atoms with van der Waals surface area (Å²) in [5.41, 5.74) is -2.52. The summed E-state index contributed by atoms with van der Waals surface area (Å²) in [5.74, 6) is -1.19. The second-order valence-corrected chi connectivity index (χ2v) is 12.4. The Morgan fingerprint density at radius 1 is 0.490 bits per heavy atom. The van der Waals surface area contributed by atoms with Crippen molar-refractivity contribution in [3.63, 3.8) is 0 Å². The fraction of sp³-hybridized carbons (Fsp3) is 0. The molecule has 0 aliphatic rings. The molecule has 0 N–H and O–H groups in total. The van der Waals surface area contributed by atoms with Crippen LogP contribution >= 0.6 is 11.3 Å². The van der Waals surface area contributed by atoms with Gasteiger partial charge in [0.2, 0.25) is 5.95 Å². The first-order chi connectivity index (χ1) is 33.6. The summed E-state index contributed by atoms with van der Waals surface area (Å²) in [6, 6.07) is -2.55. The molecule has 7 aromatic carbocycles. The minimum atomic E-state index is -0.844. The third kappa shape index (κ3) is 4.17. The Hall–Kier alpha value is -6.63. The van der Waals surface area contributed by atoms with E-state index in [4.69, 9.17) is 30.5 Å². The van der Waals surface area contributed by atoms with Crippen molar-refractivity contribution in [1.29, 1.82) is 0 Å². The minimum absolute atomic E-state index is 0.152. The van der Waals surface area contributed by atoms with Gasteiger partial charge in [-0.2, -0.15) is 9.97 Å². The van der Waals surface area contributed by atoms with Gasteiger partial charge in [-0.25, -0.2) is 4.98 Å². The normalized spacial score (nSPS) is 17.4. The highest BCUT2D eigenvalue weighted by atomic mass is 32.1. The first-order valence-corrected chi connectivity index (χ1v) is 16.2. The summed E-state index contributed by atoms with van der Waals surface area (Å²) in [6.45, 7) is 0. The van der Waals surface area contributed by atoms with Crippen molar-refractivity contribution in [2.24, 2.45) is 0 Å². The molecule has 0 aliphatic carbocycles. The maximum atomic E-state index is 9.80. The van der Waals surface area contributed by atoms with E-state index in [1.165, 1.54) is 11.3 Å². The van der Waals surface area contributed by atoms with Crippen molar-refractivity contribution in [3.05, 3.63) is 163 Å². The van der Waals surface area contributed by atoms with Crippen molar-refractivity contribution in [3.8, 4) is 34.4 Å². The molecule has 0 aliphatic heterocycles. The van der Waals surface area contributed by atoms with Crippen LogP contribution in [-0.4, -0.2) is 24.1 Å². The van der Waals surface area contributed by atoms with E-state index < -0.39 is 182 Å². The molecule has 0 atom stereocenters. The molecule has 0 radical (unpaired) electrons. The molecule has 6 heteroatoms. The maximum absolute atomic E-state index is 9.80. The van der Waals surface area contributed by atoms with Crippen LogP contribution < -0.4 is 0 Å². The third-order valence-electron chi connectivity index (χ3n) is 8.65. The number of thiophene rings is 1. The molecule has 0 unspecified atom stereocenters. The number of rotatable bonds is 4. The number of hydrogen-bond acceptors (Lipinski definition) is 4. The van der Waals surface area contributed by atoms with Gasteiger partial charge in [0.05, 0.1) is 49.5 Å². The van der Waals surface area contributed by atoms with Crippen LogP contribution in [0.4, 0.5) is 0 Å². The Morgan fingerprint density at radius 3 is 2.02 bits per heavy atom. The standard InChI is InChI=1S/C45H27N5S/c1-3-14-28(15-4-1)43-46-44(35-22-13-21-33-31-19-9-12-25-39(31)51-42(33)35)48-45(47-43)50-37-24-11-8-20-34(37)40-38(50)27-26-32-30-18-7-10-23-36(30)49(41(32)40)29-16-5-2-6-17-29/h1-27H/i1D,2D,3D,4D,5D,6D,7D,8D,10D,11D,14D,15D,16D,17D,18D,20D,23D,24D,26D,27D. The van der Waals surface area contributed by atoms with Gasteiger partial charge in [0.25, 0.3) is 0 Å². The highest BCUT2D eigenvalue weighted by molar-refractivity contribution is 7.26. The van der Waals surface area contributed by atoms with Crippen molar-refractivity contribution < 1.29 is 27.4 Å². The fourth-order valence-corrected chi connectivity index (χ4v) is 7.79. The molecule has 11 rings (SSSR count). The Morgan fingerprint density at radius 2 is 1.18 bits per heavy atom. The van der Waals surface area contributed by atoms with Crippen molar-refractivity contribution in [1.82, 2.24) is 24.1 Å². The third-order valence-corrected chi connectivity index (χ3v) is 9.87. The number of hydrogen-bond donors (Lipinski definition) is 0. The van der Waals surface area contributed by atoms with Crippen molar-refractivity contribution in [2.75, 3.05) is 0 Å². The zero-order chi connectivity index (χ0) is 50.9. The van der Waals surface area contributed by atoms with Gasteiger partial charge in [0.1, 0.15) is 0 Å². The second-order valence-electron chi connectivity index (χ2n) is 11.4. The van der Waals surface area contributed by atoms with Gasteiger partial charge in [-0.3, -0.25) is 4.57 Å². The highest BCUT2D eigenvalue weighted by Crippen LogP contribution is 2.43. The molecule has 5 nitrogen and oxygen atoms in total. The van der Waals surface area contributed by atoms with Crippen LogP contribution in [0.15, 0.2) is 163 Å². The van der Waals surface area contributed by atoms with E-state index in [9.17, 15) is 6.85 Å². The van der Waals surface area contributed by atoms with Crippen LogP contribution in [0.1, 0.15) is 27.4 Å². The van der Waals surface area contributed by atoms with Gasteiger partial charge in [0.15, 0.2) is 11.6 Å². The quantitative estimate of drug-likeness (QED) is 0.185. The predicted octanol–water partition coefficient (Wildman–Crippen LogP) is 11.8. The van der Waals surface area contributed by atoms with Crippen LogP contribution in [0.3, 0.4) is 0 Å². The first kappa shape index (κ1) is 15.1. The molecule has 0 fully saturated rings. The van der Waals surface area contributed by atoms with Gasteiger partial charge >= 0.3 is 0 Å². The van der Waals surface area contributed by atoms with E-state index in [0.29, 0.717) is 10.3 Å². The van der Waals surface area contributed by atoms with Crippen LogP contribution in [0.2, 0.25) is 0 Å². The molecule has 0 amide bonds. The SMILES string of the molecule is [2H]c1c([2H])c([2H])c(-c2nc(-c3cccc4c3sc3ccccc34)nc(-n3c4c([2H])c([2H])c([2H])c([2H])c4c4c3c([2H])c([2H])c3c5c([2H])c([2H])c([2H])c([2H])c5n(-c5c([2H])c([2H])c([2H])c([2H])c5[2H])c34)n2)c([2H])c1[2H]. The van der Waals surface area contributed by atoms with E-state index >= 15 is 0 Å².